The number of hydrogen-bond acceptors (Lipinski definition) is 3. The average Bonchev–Trinajstić information content (AvgIpc) is 2.81. The molecule has 0 spiro atoms. The van der Waals surface area contributed by atoms with E-state index in [4.69, 9.17) is 0 Å². The zero-order valence-corrected chi connectivity index (χ0v) is 10.0. The third-order valence-electron chi connectivity index (χ3n) is 2.46. The van der Waals surface area contributed by atoms with Gasteiger partial charge >= 0.3 is 0 Å². The second-order valence-electron chi connectivity index (χ2n) is 3.84. The molecule has 2 N–H and O–H groups in total. The highest BCUT2D eigenvalue weighted by Crippen LogP contribution is 2.14. The van der Waals surface area contributed by atoms with Crippen molar-refractivity contribution in [1.29, 1.82) is 0 Å². The van der Waals surface area contributed by atoms with Gasteiger partial charge in [0, 0.05) is 11.9 Å². The summed E-state index contributed by atoms with van der Waals surface area (Å²) in [6.45, 7) is -0.424. The van der Waals surface area contributed by atoms with Crippen LogP contribution in [0.2, 0.25) is 0 Å². The number of H-pyrrole nitrogens is 1. The van der Waals surface area contributed by atoms with Crippen LogP contribution in [0.5, 0.6) is 0 Å². The summed E-state index contributed by atoms with van der Waals surface area (Å²) in [5.41, 5.74) is 1.05. The van der Waals surface area contributed by atoms with Gasteiger partial charge in [-0.1, -0.05) is 18.2 Å². The van der Waals surface area contributed by atoms with Crippen LogP contribution in [0, 0.1) is 0 Å². The molecular formula is C12H13F2N3O2. The Hall–Kier alpha value is -2.02. The van der Waals surface area contributed by atoms with E-state index in [9.17, 15) is 13.6 Å². The molecule has 7 heteroatoms. The molecule has 0 unspecified atom stereocenters. The summed E-state index contributed by atoms with van der Waals surface area (Å²) in [6.07, 6.45) is -2.49. The standard InChI is InChI=1S/C12H13F2N3O2/c13-10(14)7-19-6-5-15-12(18)11-8-3-1-2-4-9(8)16-17-11/h1-4,10H,5-7H2,(H,15,18)(H,16,17). The lowest BCUT2D eigenvalue weighted by Gasteiger charge is -2.04. The van der Waals surface area contributed by atoms with E-state index in [0.29, 0.717) is 5.39 Å². The lowest BCUT2D eigenvalue weighted by molar-refractivity contribution is 0.0188. The van der Waals surface area contributed by atoms with Gasteiger partial charge in [0.1, 0.15) is 6.61 Å². The highest BCUT2D eigenvalue weighted by Gasteiger charge is 2.12. The molecule has 0 atom stereocenters. The number of aromatic amines is 1. The van der Waals surface area contributed by atoms with Crippen LogP contribution in [0.15, 0.2) is 24.3 Å². The van der Waals surface area contributed by atoms with Crippen LogP contribution >= 0.6 is 0 Å². The van der Waals surface area contributed by atoms with Gasteiger partial charge < -0.3 is 10.1 Å². The van der Waals surface area contributed by atoms with Crippen molar-refractivity contribution >= 4 is 16.8 Å². The number of carbonyl (C=O) groups excluding carboxylic acids is 1. The quantitative estimate of drug-likeness (QED) is 0.782. The van der Waals surface area contributed by atoms with E-state index in [1.165, 1.54) is 0 Å². The van der Waals surface area contributed by atoms with Crippen molar-refractivity contribution in [3.05, 3.63) is 30.0 Å². The summed E-state index contributed by atoms with van der Waals surface area (Å²) < 4.78 is 28.2. The van der Waals surface area contributed by atoms with Crippen LogP contribution in [0.25, 0.3) is 10.9 Å². The number of fused-ring (bicyclic) bond motifs is 1. The lowest BCUT2D eigenvalue weighted by Crippen LogP contribution is -2.28. The van der Waals surface area contributed by atoms with Gasteiger partial charge in [0.05, 0.1) is 12.1 Å². The van der Waals surface area contributed by atoms with Gasteiger partial charge in [-0.15, -0.1) is 0 Å². The fraction of sp³-hybridized carbons (Fsp3) is 0.333. The zero-order chi connectivity index (χ0) is 13.7. The molecule has 0 aliphatic heterocycles. The summed E-state index contributed by atoms with van der Waals surface area (Å²) in [5, 5.41) is 9.94. The Morgan fingerprint density at radius 1 is 1.42 bits per heavy atom. The number of rotatable bonds is 6. The number of alkyl halides is 2. The Labute approximate surface area is 107 Å². The second-order valence-corrected chi connectivity index (χ2v) is 3.84. The summed E-state index contributed by atoms with van der Waals surface area (Å²) in [5.74, 6) is -0.363. The first-order valence-corrected chi connectivity index (χ1v) is 5.75. The maximum atomic E-state index is 11.8. The van der Waals surface area contributed by atoms with Crippen LogP contribution < -0.4 is 5.32 Å². The van der Waals surface area contributed by atoms with Gasteiger partial charge in [0.25, 0.3) is 12.3 Å². The fourth-order valence-electron chi connectivity index (χ4n) is 1.63. The molecule has 1 amide bonds. The number of nitrogens with zero attached hydrogens (tertiary/aromatic N) is 1. The van der Waals surface area contributed by atoms with Crippen LogP contribution in [-0.4, -0.2) is 42.3 Å². The molecule has 102 valence electrons. The first kappa shape index (κ1) is 13.4. The molecule has 0 radical (unpaired) electrons. The predicted molar refractivity (Wildman–Crippen MR) is 65.2 cm³/mol. The van der Waals surface area contributed by atoms with Gasteiger partial charge in [0.2, 0.25) is 0 Å². The van der Waals surface area contributed by atoms with E-state index in [1.807, 2.05) is 12.1 Å². The third kappa shape index (κ3) is 3.47. The molecule has 1 aromatic heterocycles. The number of benzene rings is 1. The first-order valence-electron chi connectivity index (χ1n) is 5.75. The van der Waals surface area contributed by atoms with E-state index in [2.05, 4.69) is 20.3 Å². The van der Waals surface area contributed by atoms with Gasteiger partial charge in [-0.2, -0.15) is 5.10 Å². The molecule has 0 aliphatic carbocycles. The van der Waals surface area contributed by atoms with Crippen LogP contribution in [0.1, 0.15) is 10.5 Å². The van der Waals surface area contributed by atoms with E-state index in [1.54, 1.807) is 12.1 Å². The molecular weight excluding hydrogens is 256 g/mol. The highest BCUT2D eigenvalue weighted by atomic mass is 19.3. The molecule has 0 saturated carbocycles. The minimum atomic E-state index is -2.49. The number of ether oxygens (including phenoxy) is 1. The van der Waals surface area contributed by atoms with Gasteiger partial charge in [-0.25, -0.2) is 8.78 Å². The molecule has 0 aliphatic rings. The first-order chi connectivity index (χ1) is 9.18. The van der Waals surface area contributed by atoms with Crippen LogP contribution in [0.4, 0.5) is 8.78 Å². The minimum Gasteiger partial charge on any atom is -0.374 e. The smallest absolute Gasteiger partial charge is 0.272 e. The Morgan fingerprint density at radius 3 is 3.00 bits per heavy atom. The number of aromatic nitrogens is 2. The summed E-state index contributed by atoms with van der Waals surface area (Å²) in [6, 6.07) is 7.23. The Kier molecular flexibility index (Phi) is 4.40. The van der Waals surface area contributed by atoms with Crippen LogP contribution in [0.3, 0.4) is 0 Å². The largest absolute Gasteiger partial charge is 0.374 e. The van der Waals surface area contributed by atoms with Gasteiger partial charge in [0.15, 0.2) is 5.69 Å². The number of hydrogen-bond donors (Lipinski definition) is 2. The average molecular weight is 269 g/mol. The molecule has 0 fully saturated rings. The number of amides is 1. The predicted octanol–water partition coefficient (Wildman–Crippen LogP) is 1.57. The van der Waals surface area contributed by atoms with Crippen molar-refractivity contribution in [2.45, 2.75) is 6.43 Å². The van der Waals surface area contributed by atoms with Gasteiger partial charge in [-0.05, 0) is 6.07 Å². The van der Waals surface area contributed by atoms with Crippen molar-refractivity contribution in [2.24, 2.45) is 0 Å². The maximum Gasteiger partial charge on any atom is 0.272 e. The topological polar surface area (TPSA) is 67.0 Å². The van der Waals surface area contributed by atoms with Crippen molar-refractivity contribution in [2.75, 3.05) is 19.8 Å². The third-order valence-corrected chi connectivity index (χ3v) is 2.46. The molecule has 0 bridgehead atoms. The maximum absolute atomic E-state index is 11.8. The van der Waals surface area contributed by atoms with E-state index in [-0.39, 0.29) is 24.8 Å². The Balaban J connectivity index is 1.86. The SMILES string of the molecule is O=C(NCCOCC(F)F)c1n[nH]c2ccccc12. The molecule has 5 nitrogen and oxygen atoms in total. The minimum absolute atomic E-state index is 0.0401. The molecule has 1 heterocycles. The normalized spacial score (nSPS) is 11.1. The van der Waals surface area contributed by atoms with Crippen molar-refractivity contribution in [1.82, 2.24) is 15.5 Å². The van der Waals surface area contributed by atoms with Gasteiger partial charge in [-0.3, -0.25) is 9.89 Å². The van der Waals surface area contributed by atoms with E-state index >= 15 is 0 Å². The summed E-state index contributed by atoms with van der Waals surface area (Å²) in [4.78, 5) is 11.8. The van der Waals surface area contributed by atoms with Crippen molar-refractivity contribution in [3.8, 4) is 0 Å². The zero-order valence-electron chi connectivity index (χ0n) is 10.0. The molecule has 1 aromatic carbocycles. The highest BCUT2D eigenvalue weighted by molar-refractivity contribution is 6.04. The van der Waals surface area contributed by atoms with Crippen molar-refractivity contribution in [3.63, 3.8) is 0 Å². The number of nitrogens with one attached hydrogen (secondary N) is 2. The van der Waals surface area contributed by atoms with E-state index in [0.717, 1.165) is 5.52 Å². The fourth-order valence-corrected chi connectivity index (χ4v) is 1.63. The Morgan fingerprint density at radius 2 is 2.21 bits per heavy atom. The van der Waals surface area contributed by atoms with Crippen molar-refractivity contribution < 1.29 is 18.3 Å². The second kappa shape index (κ2) is 6.24. The molecule has 2 aromatic rings. The van der Waals surface area contributed by atoms with Crippen LogP contribution in [-0.2, 0) is 4.74 Å². The van der Waals surface area contributed by atoms with E-state index < -0.39 is 13.0 Å². The molecule has 19 heavy (non-hydrogen) atoms. The monoisotopic (exact) mass is 269 g/mol. The Bertz CT molecular complexity index is 557. The number of carbonyl (C=O) groups is 1. The molecule has 2 rings (SSSR count). The summed E-state index contributed by atoms with van der Waals surface area (Å²) in [7, 11) is 0. The molecule has 0 saturated heterocycles. The number of para-hydroxylation sites is 1. The summed E-state index contributed by atoms with van der Waals surface area (Å²) >= 11 is 0. The number of halogens is 2. The lowest BCUT2D eigenvalue weighted by atomic mass is 10.2.